The summed E-state index contributed by atoms with van der Waals surface area (Å²) in [6.07, 6.45) is 1.02. The molecule has 0 aromatic heterocycles. The summed E-state index contributed by atoms with van der Waals surface area (Å²) in [4.78, 5) is 37.4. The number of hydrogen-bond donors (Lipinski definition) is 2. The van der Waals surface area contributed by atoms with Crippen LogP contribution in [-0.4, -0.2) is 34.8 Å². The number of amides is 4. The van der Waals surface area contributed by atoms with Crippen molar-refractivity contribution in [1.29, 1.82) is 0 Å². The maximum absolute atomic E-state index is 12.4. The number of nitrogens with zero attached hydrogens (tertiary/aromatic N) is 1. The summed E-state index contributed by atoms with van der Waals surface area (Å²) in [5, 5.41) is 4.92. The van der Waals surface area contributed by atoms with Crippen molar-refractivity contribution >= 4 is 23.5 Å². The monoisotopic (exact) mass is 259 g/mol. The van der Waals surface area contributed by atoms with Gasteiger partial charge in [0.15, 0.2) is 0 Å². The van der Waals surface area contributed by atoms with Gasteiger partial charge in [0.2, 0.25) is 5.54 Å². The molecule has 2 fully saturated rings. The molecule has 0 saturated carbocycles. The van der Waals surface area contributed by atoms with E-state index >= 15 is 0 Å². The number of imide groups is 1. The fraction of sp³-hybridized carbons (Fsp3) is 0.308. The summed E-state index contributed by atoms with van der Waals surface area (Å²) in [6, 6.07) is 8.41. The molecule has 2 aliphatic heterocycles. The Kier molecular flexibility index (Phi) is 2.51. The number of carbonyl (C=O) groups is 3. The molecule has 2 saturated heterocycles. The van der Waals surface area contributed by atoms with E-state index in [0.717, 1.165) is 0 Å². The van der Waals surface area contributed by atoms with Crippen LogP contribution < -0.4 is 10.6 Å². The van der Waals surface area contributed by atoms with Crippen LogP contribution in [-0.2, 0) is 9.59 Å². The molecule has 1 aromatic rings. The molecule has 6 nitrogen and oxygen atoms in total. The average molecular weight is 259 g/mol. The van der Waals surface area contributed by atoms with Gasteiger partial charge in [-0.1, -0.05) is 18.2 Å². The van der Waals surface area contributed by atoms with E-state index in [4.69, 9.17) is 0 Å². The fourth-order valence-electron chi connectivity index (χ4n) is 2.69. The molecule has 0 spiro atoms. The lowest BCUT2D eigenvalue weighted by Gasteiger charge is -2.26. The van der Waals surface area contributed by atoms with Crippen LogP contribution in [0.2, 0.25) is 0 Å². The summed E-state index contributed by atoms with van der Waals surface area (Å²) < 4.78 is 0. The molecular weight excluding hydrogens is 246 g/mol. The predicted octanol–water partition coefficient (Wildman–Crippen LogP) is 0.709. The van der Waals surface area contributed by atoms with Crippen molar-refractivity contribution < 1.29 is 14.4 Å². The van der Waals surface area contributed by atoms with E-state index in [1.807, 2.05) is 6.07 Å². The summed E-state index contributed by atoms with van der Waals surface area (Å²) in [5.74, 6) is -0.969. The quantitative estimate of drug-likeness (QED) is 0.606. The Morgan fingerprint density at radius 2 is 2.00 bits per heavy atom. The van der Waals surface area contributed by atoms with Crippen molar-refractivity contribution in [1.82, 2.24) is 10.2 Å². The minimum absolute atomic E-state index is 0.364. The Bertz CT molecular complexity index is 558. The van der Waals surface area contributed by atoms with E-state index in [2.05, 4.69) is 10.6 Å². The van der Waals surface area contributed by atoms with Crippen LogP contribution >= 0.6 is 0 Å². The van der Waals surface area contributed by atoms with Gasteiger partial charge >= 0.3 is 6.03 Å². The third-order valence-electron chi connectivity index (χ3n) is 3.63. The van der Waals surface area contributed by atoms with E-state index in [1.54, 1.807) is 24.3 Å². The molecule has 6 heteroatoms. The van der Waals surface area contributed by atoms with Crippen LogP contribution in [0.4, 0.5) is 10.5 Å². The smallest absolute Gasteiger partial charge is 0.324 e. The van der Waals surface area contributed by atoms with Crippen LogP contribution in [0, 0.1) is 0 Å². The van der Waals surface area contributed by atoms with Crippen LogP contribution in [0.5, 0.6) is 0 Å². The van der Waals surface area contributed by atoms with Gasteiger partial charge in [0.1, 0.15) is 0 Å². The summed E-state index contributed by atoms with van der Waals surface area (Å²) >= 11 is 0. The zero-order valence-electron chi connectivity index (χ0n) is 10.2. The van der Waals surface area contributed by atoms with Crippen molar-refractivity contribution in [2.45, 2.75) is 18.4 Å². The van der Waals surface area contributed by atoms with Crippen molar-refractivity contribution in [3.05, 3.63) is 30.3 Å². The van der Waals surface area contributed by atoms with Crippen LogP contribution in [0.15, 0.2) is 30.3 Å². The van der Waals surface area contributed by atoms with E-state index in [9.17, 15) is 14.4 Å². The van der Waals surface area contributed by atoms with Crippen LogP contribution in [0.3, 0.4) is 0 Å². The van der Waals surface area contributed by atoms with Gasteiger partial charge in [0.25, 0.3) is 11.8 Å². The lowest BCUT2D eigenvalue weighted by molar-refractivity contribution is -0.135. The van der Waals surface area contributed by atoms with Gasteiger partial charge < -0.3 is 10.2 Å². The average Bonchev–Trinajstić information content (AvgIpc) is 2.93. The number of nitrogens with one attached hydrogen (secondary N) is 2. The number of rotatable bonds is 2. The van der Waals surface area contributed by atoms with Crippen molar-refractivity contribution in [3.8, 4) is 0 Å². The molecule has 0 radical (unpaired) electrons. The molecule has 19 heavy (non-hydrogen) atoms. The number of hydrogen-bond acceptors (Lipinski definition) is 3. The highest BCUT2D eigenvalue weighted by atomic mass is 16.2. The standard InChI is InChI=1S/C13H13N3O3/c17-10(14-9-5-2-1-3-6-9)13-7-4-8-16(13)12(19)15-11(13)18/h1-3,5-6H,4,7-8H2,(H,14,17)(H,15,18,19). The Balaban J connectivity index is 1.90. The molecule has 1 atom stereocenters. The van der Waals surface area contributed by atoms with Gasteiger partial charge in [-0.2, -0.15) is 0 Å². The first kappa shape index (κ1) is 11.7. The normalized spacial score (nSPS) is 25.2. The molecule has 4 amide bonds. The van der Waals surface area contributed by atoms with Gasteiger partial charge in [-0.15, -0.1) is 0 Å². The lowest BCUT2D eigenvalue weighted by atomic mass is 9.95. The molecular formula is C13H13N3O3. The van der Waals surface area contributed by atoms with Crippen LogP contribution in [0.25, 0.3) is 0 Å². The van der Waals surface area contributed by atoms with E-state index in [1.165, 1.54) is 4.90 Å². The maximum Gasteiger partial charge on any atom is 0.325 e. The van der Waals surface area contributed by atoms with Gasteiger partial charge in [-0.25, -0.2) is 4.79 Å². The van der Waals surface area contributed by atoms with Crippen molar-refractivity contribution in [2.75, 3.05) is 11.9 Å². The third-order valence-corrected chi connectivity index (χ3v) is 3.63. The van der Waals surface area contributed by atoms with E-state index in [-0.39, 0.29) is 0 Å². The second kappa shape index (κ2) is 4.08. The highest BCUT2D eigenvalue weighted by Gasteiger charge is 2.60. The van der Waals surface area contributed by atoms with Crippen LogP contribution in [0.1, 0.15) is 12.8 Å². The minimum atomic E-state index is -1.37. The van der Waals surface area contributed by atoms with Gasteiger partial charge in [0.05, 0.1) is 0 Å². The number of benzene rings is 1. The minimum Gasteiger partial charge on any atom is -0.324 e. The second-order valence-electron chi connectivity index (χ2n) is 4.69. The zero-order chi connectivity index (χ0) is 13.5. The number of anilines is 1. The second-order valence-corrected chi connectivity index (χ2v) is 4.69. The first-order valence-corrected chi connectivity index (χ1v) is 6.14. The number of urea groups is 1. The molecule has 1 unspecified atom stereocenters. The summed E-state index contributed by atoms with van der Waals surface area (Å²) in [6.45, 7) is 0.430. The Morgan fingerprint density at radius 3 is 2.74 bits per heavy atom. The van der Waals surface area contributed by atoms with Gasteiger partial charge in [-0.3, -0.25) is 14.9 Å². The molecule has 2 N–H and O–H groups in total. The fourth-order valence-corrected chi connectivity index (χ4v) is 2.69. The van der Waals surface area contributed by atoms with Crippen molar-refractivity contribution in [3.63, 3.8) is 0 Å². The van der Waals surface area contributed by atoms with E-state index in [0.29, 0.717) is 25.1 Å². The largest absolute Gasteiger partial charge is 0.325 e. The Morgan fingerprint density at radius 1 is 1.26 bits per heavy atom. The molecule has 1 aromatic carbocycles. The Hall–Kier alpha value is -2.37. The molecule has 0 bridgehead atoms. The summed E-state index contributed by atoms with van der Waals surface area (Å²) in [5.41, 5.74) is -0.756. The predicted molar refractivity (Wildman–Crippen MR) is 67.3 cm³/mol. The lowest BCUT2D eigenvalue weighted by Crippen LogP contribution is -2.54. The van der Waals surface area contributed by atoms with Gasteiger partial charge in [-0.05, 0) is 25.0 Å². The molecule has 98 valence electrons. The SMILES string of the molecule is O=C1NC(=O)C2(C(=O)Nc3ccccc3)CCCN12. The number of fused-ring (bicyclic) bond motifs is 1. The zero-order valence-corrected chi connectivity index (χ0v) is 10.2. The number of para-hydroxylation sites is 1. The first-order valence-electron chi connectivity index (χ1n) is 6.14. The number of carbonyl (C=O) groups excluding carboxylic acids is 3. The maximum atomic E-state index is 12.4. The molecule has 2 aliphatic rings. The molecule has 3 rings (SSSR count). The highest BCUT2D eigenvalue weighted by Crippen LogP contribution is 2.34. The highest BCUT2D eigenvalue weighted by molar-refractivity contribution is 6.23. The topological polar surface area (TPSA) is 78.5 Å². The third kappa shape index (κ3) is 1.60. The Labute approximate surface area is 109 Å². The first-order chi connectivity index (χ1) is 9.14. The molecule has 2 heterocycles. The summed E-state index contributed by atoms with van der Waals surface area (Å²) in [7, 11) is 0. The van der Waals surface area contributed by atoms with Gasteiger partial charge in [0, 0.05) is 12.2 Å². The molecule has 0 aliphatic carbocycles. The van der Waals surface area contributed by atoms with Crippen molar-refractivity contribution in [2.24, 2.45) is 0 Å². The van der Waals surface area contributed by atoms with E-state index < -0.39 is 23.4 Å².